The van der Waals surface area contributed by atoms with Gasteiger partial charge in [0.15, 0.2) is 0 Å². The highest BCUT2D eigenvalue weighted by Crippen LogP contribution is 2.29. The van der Waals surface area contributed by atoms with Crippen molar-refractivity contribution in [1.82, 2.24) is 10.2 Å². The second-order valence-electron chi connectivity index (χ2n) is 3.59. The molecule has 12 heavy (non-hydrogen) atoms. The molecule has 1 aliphatic carbocycles. The summed E-state index contributed by atoms with van der Waals surface area (Å²) in [5.74, 6) is 3.55. The van der Waals surface area contributed by atoms with E-state index in [-0.39, 0.29) is 0 Å². The summed E-state index contributed by atoms with van der Waals surface area (Å²) in [4.78, 5) is 2.38. The van der Waals surface area contributed by atoms with Crippen molar-refractivity contribution >= 4 is 0 Å². The quantitative estimate of drug-likeness (QED) is 0.458. The van der Waals surface area contributed by atoms with Gasteiger partial charge in [-0.15, -0.1) is 6.42 Å². The SMILES string of the molecule is C#CCNCCN(C)CC1CC1. The predicted octanol–water partition coefficient (Wildman–Crippen LogP) is 0.551. The Morgan fingerprint density at radius 2 is 2.33 bits per heavy atom. The highest BCUT2D eigenvalue weighted by molar-refractivity contribution is 4.86. The molecule has 2 nitrogen and oxygen atoms in total. The van der Waals surface area contributed by atoms with E-state index in [1.807, 2.05) is 0 Å². The third kappa shape index (κ3) is 4.38. The van der Waals surface area contributed by atoms with E-state index in [4.69, 9.17) is 6.42 Å². The lowest BCUT2D eigenvalue weighted by molar-refractivity contribution is 0.320. The third-order valence-electron chi connectivity index (χ3n) is 2.16. The highest BCUT2D eigenvalue weighted by atomic mass is 15.1. The van der Waals surface area contributed by atoms with Crippen LogP contribution in [0, 0.1) is 18.3 Å². The number of nitrogens with zero attached hydrogens (tertiary/aromatic N) is 1. The van der Waals surface area contributed by atoms with Crippen LogP contribution >= 0.6 is 0 Å². The number of likely N-dealkylation sites (N-methyl/N-ethyl adjacent to an activating group) is 1. The molecule has 0 spiro atoms. The van der Waals surface area contributed by atoms with Crippen molar-refractivity contribution in [1.29, 1.82) is 0 Å². The lowest BCUT2D eigenvalue weighted by atomic mass is 10.4. The molecular formula is C10H18N2. The standard InChI is InChI=1S/C10H18N2/c1-3-6-11-7-8-12(2)9-10-4-5-10/h1,10-11H,4-9H2,2H3. The molecule has 0 radical (unpaired) electrons. The number of hydrogen-bond donors (Lipinski definition) is 1. The van der Waals surface area contributed by atoms with Crippen molar-refractivity contribution in [2.24, 2.45) is 5.92 Å². The summed E-state index contributed by atoms with van der Waals surface area (Å²) in [7, 11) is 2.18. The number of hydrogen-bond acceptors (Lipinski definition) is 2. The zero-order valence-electron chi connectivity index (χ0n) is 7.84. The molecule has 2 heteroatoms. The molecule has 0 aromatic heterocycles. The molecule has 1 rings (SSSR count). The zero-order valence-corrected chi connectivity index (χ0v) is 7.84. The van der Waals surface area contributed by atoms with Gasteiger partial charge in [0.1, 0.15) is 0 Å². The van der Waals surface area contributed by atoms with Crippen LogP contribution in [0.15, 0.2) is 0 Å². The van der Waals surface area contributed by atoms with Crippen LogP contribution in [0.25, 0.3) is 0 Å². The summed E-state index contributed by atoms with van der Waals surface area (Å²) in [6, 6.07) is 0. The molecule has 0 aliphatic heterocycles. The van der Waals surface area contributed by atoms with Gasteiger partial charge in [-0.25, -0.2) is 0 Å². The van der Waals surface area contributed by atoms with Crippen molar-refractivity contribution in [2.45, 2.75) is 12.8 Å². The summed E-state index contributed by atoms with van der Waals surface area (Å²) in [6.45, 7) is 4.07. The Labute approximate surface area is 75.3 Å². The van der Waals surface area contributed by atoms with Crippen LogP contribution in [0.5, 0.6) is 0 Å². The second-order valence-corrected chi connectivity index (χ2v) is 3.59. The van der Waals surface area contributed by atoms with Gasteiger partial charge in [0, 0.05) is 19.6 Å². The van der Waals surface area contributed by atoms with Crippen LogP contribution < -0.4 is 5.32 Å². The van der Waals surface area contributed by atoms with Crippen LogP contribution in [0.4, 0.5) is 0 Å². The van der Waals surface area contributed by atoms with E-state index in [2.05, 4.69) is 23.2 Å². The minimum absolute atomic E-state index is 0.692. The Kier molecular flexibility index (Phi) is 4.13. The molecule has 0 amide bonds. The molecular weight excluding hydrogens is 148 g/mol. The predicted molar refractivity (Wildman–Crippen MR) is 51.9 cm³/mol. The molecule has 1 aliphatic rings. The van der Waals surface area contributed by atoms with Gasteiger partial charge in [-0.2, -0.15) is 0 Å². The Balaban J connectivity index is 1.87. The number of nitrogens with one attached hydrogen (secondary N) is 1. The molecule has 1 fully saturated rings. The second kappa shape index (κ2) is 5.18. The molecule has 0 aromatic carbocycles. The average molecular weight is 166 g/mol. The minimum atomic E-state index is 0.692. The van der Waals surface area contributed by atoms with Crippen LogP contribution in [0.1, 0.15) is 12.8 Å². The zero-order chi connectivity index (χ0) is 8.81. The first-order valence-corrected chi connectivity index (χ1v) is 4.65. The molecule has 1 saturated carbocycles. The smallest absolute Gasteiger partial charge is 0.0574 e. The van der Waals surface area contributed by atoms with E-state index in [0.717, 1.165) is 19.0 Å². The molecule has 0 aromatic rings. The molecule has 0 unspecified atom stereocenters. The minimum Gasteiger partial charge on any atom is -0.305 e. The first-order chi connectivity index (χ1) is 5.83. The molecule has 68 valence electrons. The van der Waals surface area contributed by atoms with Gasteiger partial charge in [0.2, 0.25) is 0 Å². The first kappa shape index (κ1) is 9.57. The van der Waals surface area contributed by atoms with Gasteiger partial charge in [0.25, 0.3) is 0 Å². The van der Waals surface area contributed by atoms with Gasteiger partial charge in [-0.3, -0.25) is 0 Å². The van der Waals surface area contributed by atoms with Gasteiger partial charge in [0.05, 0.1) is 6.54 Å². The summed E-state index contributed by atoms with van der Waals surface area (Å²) < 4.78 is 0. The van der Waals surface area contributed by atoms with Crippen LogP contribution in [-0.4, -0.2) is 38.1 Å². The molecule has 0 atom stereocenters. The average Bonchev–Trinajstić information content (AvgIpc) is 2.82. The van der Waals surface area contributed by atoms with E-state index >= 15 is 0 Å². The van der Waals surface area contributed by atoms with Crippen LogP contribution in [0.2, 0.25) is 0 Å². The van der Waals surface area contributed by atoms with Gasteiger partial charge >= 0.3 is 0 Å². The molecule has 0 saturated heterocycles. The Morgan fingerprint density at radius 3 is 2.92 bits per heavy atom. The number of rotatable bonds is 6. The van der Waals surface area contributed by atoms with E-state index in [1.54, 1.807) is 0 Å². The monoisotopic (exact) mass is 166 g/mol. The topological polar surface area (TPSA) is 15.3 Å². The normalized spacial score (nSPS) is 16.4. The van der Waals surface area contributed by atoms with Gasteiger partial charge in [-0.05, 0) is 25.8 Å². The summed E-state index contributed by atoms with van der Waals surface area (Å²) >= 11 is 0. The van der Waals surface area contributed by atoms with Crippen LogP contribution in [-0.2, 0) is 0 Å². The largest absolute Gasteiger partial charge is 0.305 e. The van der Waals surface area contributed by atoms with E-state index in [0.29, 0.717) is 6.54 Å². The lowest BCUT2D eigenvalue weighted by Gasteiger charge is -2.15. The maximum absolute atomic E-state index is 5.11. The maximum atomic E-state index is 5.11. The van der Waals surface area contributed by atoms with Crippen LogP contribution in [0.3, 0.4) is 0 Å². The van der Waals surface area contributed by atoms with E-state index in [1.165, 1.54) is 19.4 Å². The fourth-order valence-corrected chi connectivity index (χ4v) is 1.26. The Morgan fingerprint density at radius 1 is 1.58 bits per heavy atom. The fourth-order valence-electron chi connectivity index (χ4n) is 1.26. The van der Waals surface area contributed by atoms with Gasteiger partial charge in [-0.1, -0.05) is 5.92 Å². The third-order valence-corrected chi connectivity index (χ3v) is 2.16. The van der Waals surface area contributed by atoms with Crippen molar-refractivity contribution in [3.8, 4) is 12.3 Å². The molecule has 0 bridgehead atoms. The van der Waals surface area contributed by atoms with Crippen molar-refractivity contribution in [2.75, 3.05) is 33.2 Å². The van der Waals surface area contributed by atoms with Crippen molar-refractivity contribution < 1.29 is 0 Å². The Bertz CT molecular complexity index is 156. The molecule has 1 N–H and O–H groups in total. The summed E-state index contributed by atoms with van der Waals surface area (Å²) in [6.07, 6.45) is 7.98. The first-order valence-electron chi connectivity index (χ1n) is 4.65. The molecule has 0 heterocycles. The number of terminal acetylenes is 1. The Hall–Kier alpha value is -0.520. The van der Waals surface area contributed by atoms with Crippen molar-refractivity contribution in [3.63, 3.8) is 0 Å². The van der Waals surface area contributed by atoms with E-state index in [9.17, 15) is 0 Å². The van der Waals surface area contributed by atoms with Gasteiger partial charge < -0.3 is 10.2 Å². The maximum Gasteiger partial charge on any atom is 0.0574 e. The lowest BCUT2D eigenvalue weighted by Crippen LogP contribution is -2.30. The summed E-state index contributed by atoms with van der Waals surface area (Å²) in [5.41, 5.74) is 0. The highest BCUT2D eigenvalue weighted by Gasteiger charge is 2.22. The fraction of sp³-hybridized carbons (Fsp3) is 0.800. The van der Waals surface area contributed by atoms with E-state index < -0.39 is 0 Å². The van der Waals surface area contributed by atoms with Crippen molar-refractivity contribution in [3.05, 3.63) is 0 Å². The summed E-state index contributed by atoms with van der Waals surface area (Å²) in [5, 5.41) is 3.18.